The Bertz CT molecular complexity index is 1200. The number of amides is 1. The predicted molar refractivity (Wildman–Crippen MR) is 118 cm³/mol. The zero-order valence-electron chi connectivity index (χ0n) is 19.1. The Morgan fingerprint density at radius 3 is 2.53 bits per heavy atom. The van der Waals surface area contributed by atoms with E-state index in [4.69, 9.17) is 4.52 Å². The molecule has 2 aliphatic rings. The van der Waals surface area contributed by atoms with Gasteiger partial charge in [0.15, 0.2) is 0 Å². The number of rotatable bonds is 5. The van der Waals surface area contributed by atoms with E-state index in [-0.39, 0.29) is 17.3 Å². The Labute approximate surface area is 195 Å². The second-order valence-electron chi connectivity index (χ2n) is 9.04. The van der Waals surface area contributed by atoms with Gasteiger partial charge in [-0.1, -0.05) is 17.3 Å². The minimum Gasteiger partial charge on any atom is -0.345 e. The van der Waals surface area contributed by atoms with Crippen LogP contribution < -0.4 is 0 Å². The molecular weight excluding hydrogens is 447 g/mol. The van der Waals surface area contributed by atoms with Gasteiger partial charge in [-0.05, 0) is 44.9 Å². The van der Waals surface area contributed by atoms with Crippen molar-refractivity contribution in [3.05, 3.63) is 58.7 Å². The van der Waals surface area contributed by atoms with Crippen molar-refractivity contribution in [3.63, 3.8) is 0 Å². The third-order valence-electron chi connectivity index (χ3n) is 6.56. The summed E-state index contributed by atoms with van der Waals surface area (Å²) in [7, 11) is 0. The highest BCUT2D eigenvalue weighted by Gasteiger charge is 2.32. The molecule has 2 aromatic heterocycles. The van der Waals surface area contributed by atoms with Gasteiger partial charge in [0.25, 0.3) is 5.91 Å². The third-order valence-corrected chi connectivity index (χ3v) is 6.56. The molecule has 1 amide bonds. The van der Waals surface area contributed by atoms with Crippen LogP contribution in [0.2, 0.25) is 0 Å². The van der Waals surface area contributed by atoms with Crippen molar-refractivity contribution in [3.8, 4) is 11.4 Å². The molecule has 1 aliphatic carbocycles. The summed E-state index contributed by atoms with van der Waals surface area (Å²) in [6, 6.07) is 7.40. The number of carbonyl (C=O) groups is 1. The van der Waals surface area contributed by atoms with Crippen LogP contribution >= 0.6 is 0 Å². The van der Waals surface area contributed by atoms with E-state index < -0.39 is 11.7 Å². The van der Waals surface area contributed by atoms with E-state index in [0.29, 0.717) is 44.7 Å². The van der Waals surface area contributed by atoms with Crippen molar-refractivity contribution >= 4 is 5.91 Å². The number of piperazine rings is 1. The van der Waals surface area contributed by atoms with Crippen LogP contribution in [0.25, 0.3) is 11.4 Å². The SMILES string of the molecule is Cc1cc(C(=O)N2CCN(Cc3nc(-c4cccc(C(F)(F)F)c4)no3)CC2)c(C)n1C1CC1. The highest BCUT2D eigenvalue weighted by molar-refractivity contribution is 5.95. The molecule has 3 aromatic rings. The fourth-order valence-corrected chi connectivity index (χ4v) is 4.63. The smallest absolute Gasteiger partial charge is 0.345 e. The topological polar surface area (TPSA) is 67.4 Å². The van der Waals surface area contributed by atoms with Crippen LogP contribution in [0.5, 0.6) is 0 Å². The van der Waals surface area contributed by atoms with Crippen LogP contribution in [0.4, 0.5) is 13.2 Å². The zero-order valence-corrected chi connectivity index (χ0v) is 19.1. The number of hydrogen-bond donors (Lipinski definition) is 0. The van der Waals surface area contributed by atoms with Crippen LogP contribution in [0.1, 0.15) is 52.1 Å². The highest BCUT2D eigenvalue weighted by atomic mass is 19.4. The Morgan fingerprint density at radius 1 is 1.12 bits per heavy atom. The Hall–Kier alpha value is -3.14. The van der Waals surface area contributed by atoms with Gasteiger partial charge in [0, 0.05) is 49.2 Å². The molecule has 0 bridgehead atoms. The first-order chi connectivity index (χ1) is 16.2. The predicted octanol–water partition coefficient (Wildman–Crippen LogP) is 4.47. The number of nitrogens with zero attached hydrogens (tertiary/aromatic N) is 5. The Balaban J connectivity index is 1.20. The summed E-state index contributed by atoms with van der Waals surface area (Å²) >= 11 is 0. The standard InChI is InChI=1S/C24H26F3N5O2/c1-15-12-20(16(2)32(15)19-6-7-19)23(33)31-10-8-30(9-11-31)14-21-28-22(29-34-21)17-4-3-5-18(13-17)24(25,26)27/h3-5,12-13,19H,6-11,14H2,1-2H3. The Morgan fingerprint density at radius 2 is 1.85 bits per heavy atom. The molecule has 1 saturated carbocycles. The lowest BCUT2D eigenvalue weighted by atomic mass is 10.1. The molecular formula is C24H26F3N5O2. The minimum atomic E-state index is -4.43. The summed E-state index contributed by atoms with van der Waals surface area (Å²) in [5, 5.41) is 3.85. The van der Waals surface area contributed by atoms with Gasteiger partial charge in [-0.2, -0.15) is 18.2 Å². The van der Waals surface area contributed by atoms with Crippen molar-refractivity contribution in [2.24, 2.45) is 0 Å². The molecule has 10 heteroatoms. The first-order valence-electron chi connectivity index (χ1n) is 11.4. The maximum absolute atomic E-state index is 13.1. The van der Waals surface area contributed by atoms with Crippen LogP contribution in [0, 0.1) is 13.8 Å². The van der Waals surface area contributed by atoms with Crippen molar-refractivity contribution in [1.82, 2.24) is 24.5 Å². The molecule has 34 heavy (non-hydrogen) atoms. The van der Waals surface area contributed by atoms with E-state index in [9.17, 15) is 18.0 Å². The second-order valence-corrected chi connectivity index (χ2v) is 9.04. The van der Waals surface area contributed by atoms with Gasteiger partial charge in [0.1, 0.15) is 0 Å². The molecule has 7 nitrogen and oxygen atoms in total. The summed E-state index contributed by atoms with van der Waals surface area (Å²) in [6.45, 7) is 6.92. The zero-order chi connectivity index (χ0) is 24.0. The van der Waals surface area contributed by atoms with Crippen molar-refractivity contribution in [2.45, 2.75) is 45.5 Å². The lowest BCUT2D eigenvalue weighted by Crippen LogP contribution is -2.48. The van der Waals surface area contributed by atoms with Crippen molar-refractivity contribution < 1.29 is 22.5 Å². The minimum absolute atomic E-state index is 0.0595. The maximum atomic E-state index is 13.1. The molecule has 0 radical (unpaired) electrons. The van der Waals surface area contributed by atoms with E-state index in [1.165, 1.54) is 25.0 Å². The van der Waals surface area contributed by atoms with Crippen LogP contribution in [-0.4, -0.2) is 56.6 Å². The fourth-order valence-electron chi connectivity index (χ4n) is 4.63. The summed E-state index contributed by atoms with van der Waals surface area (Å²) in [5.41, 5.74) is 2.45. The summed E-state index contributed by atoms with van der Waals surface area (Å²) in [4.78, 5) is 21.4. The molecule has 1 aliphatic heterocycles. The second kappa shape index (κ2) is 8.57. The number of aromatic nitrogens is 3. The molecule has 1 saturated heterocycles. The number of benzene rings is 1. The molecule has 3 heterocycles. The molecule has 0 spiro atoms. The average molecular weight is 473 g/mol. The van der Waals surface area contributed by atoms with Gasteiger partial charge in [0.2, 0.25) is 11.7 Å². The fraction of sp³-hybridized carbons (Fsp3) is 0.458. The molecule has 2 fully saturated rings. The molecule has 0 unspecified atom stereocenters. The molecule has 0 atom stereocenters. The quantitative estimate of drug-likeness (QED) is 0.547. The van der Waals surface area contributed by atoms with Crippen LogP contribution in [0.3, 0.4) is 0 Å². The lowest BCUT2D eigenvalue weighted by molar-refractivity contribution is -0.137. The van der Waals surface area contributed by atoms with E-state index >= 15 is 0 Å². The van der Waals surface area contributed by atoms with Crippen molar-refractivity contribution in [1.29, 1.82) is 0 Å². The number of hydrogen-bond acceptors (Lipinski definition) is 5. The highest BCUT2D eigenvalue weighted by Crippen LogP contribution is 2.38. The van der Waals surface area contributed by atoms with Gasteiger partial charge < -0.3 is 14.0 Å². The van der Waals surface area contributed by atoms with E-state index in [2.05, 4.69) is 26.5 Å². The van der Waals surface area contributed by atoms with E-state index in [1.807, 2.05) is 17.9 Å². The van der Waals surface area contributed by atoms with Crippen molar-refractivity contribution in [2.75, 3.05) is 26.2 Å². The Kier molecular flexibility index (Phi) is 5.71. The third kappa shape index (κ3) is 4.46. The molecule has 180 valence electrons. The largest absolute Gasteiger partial charge is 0.416 e. The van der Waals surface area contributed by atoms with Gasteiger partial charge in [-0.25, -0.2) is 0 Å². The van der Waals surface area contributed by atoms with Gasteiger partial charge in [0.05, 0.1) is 17.7 Å². The van der Waals surface area contributed by atoms with Gasteiger partial charge in [-0.3, -0.25) is 9.69 Å². The maximum Gasteiger partial charge on any atom is 0.416 e. The number of carbonyl (C=O) groups excluding carboxylic acids is 1. The normalized spacial score (nSPS) is 17.4. The van der Waals surface area contributed by atoms with Gasteiger partial charge in [-0.15, -0.1) is 0 Å². The molecule has 0 N–H and O–H groups in total. The van der Waals surface area contributed by atoms with E-state index in [0.717, 1.165) is 29.1 Å². The first-order valence-corrected chi connectivity index (χ1v) is 11.4. The average Bonchev–Trinajstić information content (AvgIpc) is 3.45. The monoisotopic (exact) mass is 473 g/mol. The number of halogens is 3. The van der Waals surface area contributed by atoms with Crippen LogP contribution in [0.15, 0.2) is 34.9 Å². The summed E-state index contributed by atoms with van der Waals surface area (Å²) in [5.74, 6) is 0.519. The van der Waals surface area contributed by atoms with E-state index in [1.54, 1.807) is 0 Å². The van der Waals surface area contributed by atoms with Gasteiger partial charge >= 0.3 is 6.18 Å². The summed E-state index contributed by atoms with van der Waals surface area (Å²) in [6.07, 6.45) is -2.08. The van der Waals surface area contributed by atoms with Crippen LogP contribution in [-0.2, 0) is 12.7 Å². The molecule has 1 aromatic carbocycles. The first kappa shape index (κ1) is 22.6. The number of alkyl halides is 3. The number of aryl methyl sites for hydroxylation is 1. The summed E-state index contributed by atoms with van der Waals surface area (Å²) < 4.78 is 46.5. The lowest BCUT2D eigenvalue weighted by Gasteiger charge is -2.34. The molecule has 5 rings (SSSR count).